The highest BCUT2D eigenvalue weighted by molar-refractivity contribution is 14.0. The largest absolute Gasteiger partial charge is 0.444 e. The zero-order valence-corrected chi connectivity index (χ0v) is 18.3. The molecule has 1 amide bonds. The van der Waals surface area contributed by atoms with E-state index in [0.717, 1.165) is 45.0 Å². The van der Waals surface area contributed by atoms with E-state index in [-0.39, 0.29) is 30.1 Å². The lowest BCUT2D eigenvalue weighted by atomic mass is 9.97. The molecule has 1 fully saturated rings. The Kier molecular flexibility index (Phi) is 10.7. The van der Waals surface area contributed by atoms with E-state index in [2.05, 4.69) is 36.4 Å². The summed E-state index contributed by atoms with van der Waals surface area (Å²) in [7, 11) is 0. The number of rotatable bonds is 4. The van der Waals surface area contributed by atoms with E-state index < -0.39 is 5.60 Å². The zero-order chi connectivity index (χ0) is 17.5. The van der Waals surface area contributed by atoms with Gasteiger partial charge in [0.05, 0.1) is 0 Å². The molecule has 24 heavy (non-hydrogen) atoms. The number of hydrogen-bond acceptors (Lipinski definition) is 3. The second-order valence-electron chi connectivity index (χ2n) is 7.43. The first-order valence-corrected chi connectivity index (χ1v) is 8.74. The van der Waals surface area contributed by atoms with Crippen LogP contribution >= 0.6 is 24.0 Å². The van der Waals surface area contributed by atoms with Crippen molar-refractivity contribution in [3.63, 3.8) is 0 Å². The van der Waals surface area contributed by atoms with Crippen LogP contribution in [0.1, 0.15) is 54.4 Å². The van der Waals surface area contributed by atoms with E-state index in [1.54, 1.807) is 0 Å². The van der Waals surface area contributed by atoms with Crippen LogP contribution in [0.25, 0.3) is 0 Å². The fraction of sp³-hybridized carbons (Fsp3) is 0.882. The summed E-state index contributed by atoms with van der Waals surface area (Å²) in [4.78, 5) is 18.5. The standard InChI is InChI=1S/C17H34N4O2.HI/c1-7-18-15(20-13(2)3)19-12-14-8-10-21(11-9-14)16(22)23-17(4,5)6;/h13-14H,7-12H2,1-6H3,(H2,18,19,20);1H. The lowest BCUT2D eigenvalue weighted by Gasteiger charge is -2.33. The molecule has 0 aromatic rings. The van der Waals surface area contributed by atoms with Crippen LogP contribution in [-0.2, 0) is 4.74 Å². The Morgan fingerprint density at radius 3 is 2.33 bits per heavy atom. The normalized spacial score (nSPS) is 16.6. The predicted molar refractivity (Wildman–Crippen MR) is 110 cm³/mol. The lowest BCUT2D eigenvalue weighted by Crippen LogP contribution is -2.43. The maximum Gasteiger partial charge on any atom is 0.410 e. The van der Waals surface area contributed by atoms with Crippen molar-refractivity contribution < 1.29 is 9.53 Å². The highest BCUT2D eigenvalue weighted by atomic mass is 127. The fourth-order valence-corrected chi connectivity index (χ4v) is 2.44. The monoisotopic (exact) mass is 454 g/mol. The van der Waals surface area contributed by atoms with Gasteiger partial charge in [-0.15, -0.1) is 24.0 Å². The molecular formula is C17H35IN4O2. The van der Waals surface area contributed by atoms with Crippen LogP contribution in [0.4, 0.5) is 4.79 Å². The number of ether oxygens (including phenoxy) is 1. The van der Waals surface area contributed by atoms with Gasteiger partial charge in [0.2, 0.25) is 0 Å². The molecule has 1 aliphatic heterocycles. The van der Waals surface area contributed by atoms with Crippen molar-refractivity contribution in [1.82, 2.24) is 15.5 Å². The molecule has 1 aliphatic rings. The first-order chi connectivity index (χ1) is 10.7. The van der Waals surface area contributed by atoms with Gasteiger partial charge in [-0.1, -0.05) is 0 Å². The van der Waals surface area contributed by atoms with Crippen LogP contribution in [0.15, 0.2) is 4.99 Å². The molecule has 1 rings (SSSR count). The molecule has 0 aliphatic carbocycles. The number of hydrogen-bond donors (Lipinski definition) is 2. The Labute approximate surface area is 164 Å². The first kappa shape index (κ1) is 23.3. The SMILES string of the molecule is CCNC(=NCC1CCN(C(=O)OC(C)(C)C)CC1)NC(C)C.I. The van der Waals surface area contributed by atoms with Gasteiger partial charge in [-0.3, -0.25) is 4.99 Å². The number of piperidine rings is 1. The van der Waals surface area contributed by atoms with Gasteiger partial charge in [-0.2, -0.15) is 0 Å². The third-order valence-electron chi connectivity index (χ3n) is 3.54. The second kappa shape index (κ2) is 11.0. The molecule has 142 valence electrons. The average Bonchev–Trinajstić information content (AvgIpc) is 2.43. The smallest absolute Gasteiger partial charge is 0.410 e. The van der Waals surface area contributed by atoms with Crippen molar-refractivity contribution in [1.29, 1.82) is 0 Å². The van der Waals surface area contributed by atoms with Gasteiger partial charge < -0.3 is 20.3 Å². The summed E-state index contributed by atoms with van der Waals surface area (Å²) in [5.74, 6) is 1.40. The molecule has 0 bridgehead atoms. The third-order valence-corrected chi connectivity index (χ3v) is 3.54. The van der Waals surface area contributed by atoms with Crippen LogP contribution in [0, 0.1) is 5.92 Å². The number of aliphatic imine (C=N–C) groups is 1. The highest BCUT2D eigenvalue weighted by Crippen LogP contribution is 2.19. The molecule has 0 aromatic heterocycles. The van der Waals surface area contributed by atoms with Crippen LogP contribution in [-0.4, -0.2) is 54.8 Å². The van der Waals surface area contributed by atoms with E-state index in [9.17, 15) is 4.79 Å². The number of halogens is 1. The summed E-state index contributed by atoms with van der Waals surface area (Å²) in [5, 5.41) is 6.59. The number of likely N-dealkylation sites (tertiary alicyclic amines) is 1. The van der Waals surface area contributed by atoms with Gasteiger partial charge in [-0.05, 0) is 60.3 Å². The minimum Gasteiger partial charge on any atom is -0.444 e. The van der Waals surface area contributed by atoms with Crippen LogP contribution < -0.4 is 10.6 Å². The Morgan fingerprint density at radius 2 is 1.88 bits per heavy atom. The van der Waals surface area contributed by atoms with Crippen molar-refractivity contribution in [2.24, 2.45) is 10.9 Å². The number of carbonyl (C=O) groups is 1. The molecular weight excluding hydrogens is 419 g/mol. The molecule has 2 N–H and O–H groups in total. The molecule has 0 atom stereocenters. The molecule has 0 saturated carbocycles. The third kappa shape index (κ3) is 9.54. The zero-order valence-electron chi connectivity index (χ0n) is 16.0. The number of amides is 1. The molecule has 0 radical (unpaired) electrons. The van der Waals surface area contributed by atoms with Crippen LogP contribution in [0.3, 0.4) is 0 Å². The molecule has 0 unspecified atom stereocenters. The van der Waals surface area contributed by atoms with Gasteiger partial charge >= 0.3 is 6.09 Å². The molecule has 1 saturated heterocycles. The van der Waals surface area contributed by atoms with Crippen LogP contribution in [0.2, 0.25) is 0 Å². The van der Waals surface area contributed by atoms with Crippen molar-refractivity contribution in [3.05, 3.63) is 0 Å². The predicted octanol–water partition coefficient (Wildman–Crippen LogP) is 3.22. The summed E-state index contributed by atoms with van der Waals surface area (Å²) >= 11 is 0. The Balaban J connectivity index is 0.00000529. The maximum absolute atomic E-state index is 12.0. The molecule has 6 nitrogen and oxygen atoms in total. The van der Waals surface area contributed by atoms with Crippen molar-refractivity contribution >= 4 is 36.0 Å². The number of carbonyl (C=O) groups excluding carboxylic acids is 1. The van der Waals surface area contributed by atoms with Crippen molar-refractivity contribution in [2.45, 2.75) is 66.0 Å². The molecule has 0 aromatic carbocycles. The Morgan fingerprint density at radius 1 is 1.29 bits per heavy atom. The first-order valence-electron chi connectivity index (χ1n) is 8.74. The average molecular weight is 454 g/mol. The minimum absolute atomic E-state index is 0. The van der Waals surface area contributed by atoms with Gasteiger partial charge in [0.25, 0.3) is 0 Å². The highest BCUT2D eigenvalue weighted by Gasteiger charge is 2.26. The Hall–Kier alpha value is -0.730. The van der Waals surface area contributed by atoms with Gasteiger partial charge in [0, 0.05) is 32.2 Å². The molecule has 0 spiro atoms. The topological polar surface area (TPSA) is 66.0 Å². The summed E-state index contributed by atoms with van der Waals surface area (Å²) in [6, 6.07) is 0.363. The van der Waals surface area contributed by atoms with Gasteiger partial charge in [0.1, 0.15) is 5.60 Å². The van der Waals surface area contributed by atoms with E-state index in [0.29, 0.717) is 12.0 Å². The number of nitrogens with zero attached hydrogens (tertiary/aromatic N) is 2. The fourth-order valence-electron chi connectivity index (χ4n) is 2.44. The Bertz CT molecular complexity index is 400. The lowest BCUT2D eigenvalue weighted by molar-refractivity contribution is 0.0187. The van der Waals surface area contributed by atoms with Gasteiger partial charge in [-0.25, -0.2) is 4.79 Å². The minimum atomic E-state index is -0.429. The summed E-state index contributed by atoms with van der Waals surface area (Å²) in [6.07, 6.45) is 1.75. The molecule has 1 heterocycles. The maximum atomic E-state index is 12.0. The summed E-state index contributed by atoms with van der Waals surface area (Å²) in [6.45, 7) is 15.1. The summed E-state index contributed by atoms with van der Waals surface area (Å²) in [5.41, 5.74) is -0.429. The molecule has 7 heteroatoms. The second-order valence-corrected chi connectivity index (χ2v) is 7.43. The van der Waals surface area contributed by atoms with Crippen molar-refractivity contribution in [2.75, 3.05) is 26.2 Å². The summed E-state index contributed by atoms with van der Waals surface area (Å²) < 4.78 is 5.43. The number of guanidine groups is 1. The van der Waals surface area contributed by atoms with Crippen LogP contribution in [0.5, 0.6) is 0 Å². The quantitative estimate of drug-likeness (QED) is 0.389. The van der Waals surface area contributed by atoms with E-state index in [1.807, 2.05) is 25.7 Å². The van der Waals surface area contributed by atoms with E-state index in [1.165, 1.54) is 0 Å². The van der Waals surface area contributed by atoms with E-state index >= 15 is 0 Å². The number of nitrogens with one attached hydrogen (secondary N) is 2. The van der Waals surface area contributed by atoms with Gasteiger partial charge in [0.15, 0.2) is 5.96 Å². The van der Waals surface area contributed by atoms with E-state index in [4.69, 9.17) is 4.74 Å². The van der Waals surface area contributed by atoms with Crippen molar-refractivity contribution in [3.8, 4) is 0 Å².